The van der Waals surface area contributed by atoms with Crippen molar-refractivity contribution in [1.82, 2.24) is 24.8 Å². The molecule has 1 aliphatic rings. The van der Waals surface area contributed by atoms with Gasteiger partial charge in [0.05, 0.1) is 18.1 Å². The van der Waals surface area contributed by atoms with Crippen molar-refractivity contribution in [3.63, 3.8) is 0 Å². The molecule has 1 atom stereocenters. The van der Waals surface area contributed by atoms with Crippen LogP contribution >= 0.6 is 0 Å². The van der Waals surface area contributed by atoms with Crippen molar-refractivity contribution in [3.05, 3.63) is 72.9 Å². The number of benzene rings is 3. The molecule has 0 spiro atoms. The molecule has 7 heteroatoms. The third-order valence-corrected chi connectivity index (χ3v) is 6.37. The van der Waals surface area contributed by atoms with Crippen LogP contribution in [-0.4, -0.2) is 45.8 Å². The molecule has 3 heterocycles. The molecule has 1 fully saturated rings. The first-order valence-corrected chi connectivity index (χ1v) is 11.6. The fourth-order valence-electron chi connectivity index (χ4n) is 4.64. The molecular weight excluding hydrogens is 424 g/mol. The number of hydrogen-bond acceptors (Lipinski definition) is 6. The second kappa shape index (κ2) is 8.76. The topological polar surface area (TPSA) is 76.9 Å². The minimum atomic E-state index is 0.327. The average Bonchev–Trinajstić information content (AvgIpc) is 3.28. The van der Waals surface area contributed by atoms with Gasteiger partial charge in [-0.3, -0.25) is 4.57 Å². The van der Waals surface area contributed by atoms with E-state index >= 15 is 0 Å². The van der Waals surface area contributed by atoms with Gasteiger partial charge in [0.15, 0.2) is 0 Å². The van der Waals surface area contributed by atoms with E-state index in [0.29, 0.717) is 12.0 Å². The Bertz CT molecular complexity index is 1470. The van der Waals surface area contributed by atoms with Gasteiger partial charge < -0.3 is 15.4 Å². The van der Waals surface area contributed by atoms with E-state index in [-0.39, 0.29) is 0 Å². The summed E-state index contributed by atoms with van der Waals surface area (Å²) in [5, 5.41) is 9.30. The maximum Gasteiger partial charge on any atom is 0.224 e. The summed E-state index contributed by atoms with van der Waals surface area (Å²) >= 11 is 0. The summed E-state index contributed by atoms with van der Waals surface area (Å²) in [7, 11) is 1.67. The van der Waals surface area contributed by atoms with Gasteiger partial charge in [0, 0.05) is 30.4 Å². The highest BCUT2D eigenvalue weighted by molar-refractivity contribution is 5.89. The minimum absolute atomic E-state index is 0.327. The Balaban J connectivity index is 1.49. The van der Waals surface area contributed by atoms with Crippen LogP contribution in [0.5, 0.6) is 5.75 Å². The Morgan fingerprint density at radius 1 is 1.00 bits per heavy atom. The fourth-order valence-corrected chi connectivity index (χ4v) is 4.64. The quantitative estimate of drug-likeness (QED) is 0.400. The molecule has 2 aromatic heterocycles. The maximum atomic E-state index is 5.45. The monoisotopic (exact) mass is 450 g/mol. The van der Waals surface area contributed by atoms with Crippen molar-refractivity contribution in [2.45, 2.75) is 18.9 Å². The molecule has 0 radical (unpaired) electrons. The minimum Gasteiger partial charge on any atom is -0.497 e. The lowest BCUT2D eigenvalue weighted by Crippen LogP contribution is -2.38. The molecule has 0 saturated carbocycles. The van der Waals surface area contributed by atoms with E-state index in [1.807, 2.05) is 24.3 Å². The molecule has 1 saturated heterocycles. The van der Waals surface area contributed by atoms with Crippen molar-refractivity contribution >= 4 is 27.8 Å². The number of fused-ring (bicyclic) bond motifs is 2. The van der Waals surface area contributed by atoms with E-state index in [9.17, 15) is 0 Å². The van der Waals surface area contributed by atoms with E-state index in [0.717, 1.165) is 59.9 Å². The Morgan fingerprint density at radius 3 is 2.76 bits per heavy atom. The number of hydrogen-bond donors (Lipinski definition) is 2. The molecule has 3 aromatic carbocycles. The predicted octanol–water partition coefficient (Wildman–Crippen LogP) is 4.81. The third kappa shape index (κ3) is 3.84. The standard InChI is InChI=1S/C27H26N6O/c1-34-22-10-11-24-23(16-22)31-26(20-9-8-18-5-2-3-6-19(18)15-20)33(24)25-12-14-29-27(32-25)30-21-7-4-13-28-17-21/h2-3,5-6,8-12,14-16,21,28H,4,7,13,17H2,1H3,(H,29,30,32). The molecule has 0 amide bonds. The number of nitrogens with one attached hydrogen (secondary N) is 2. The smallest absolute Gasteiger partial charge is 0.224 e. The summed E-state index contributed by atoms with van der Waals surface area (Å²) in [5.41, 5.74) is 2.85. The zero-order valence-electron chi connectivity index (χ0n) is 19.0. The Kier molecular flexibility index (Phi) is 5.31. The SMILES string of the molecule is COc1ccc2c(c1)nc(-c1ccc3ccccc3c1)n2-c1ccnc(NC2CCCNC2)n1. The van der Waals surface area contributed by atoms with Crippen LogP contribution in [0.15, 0.2) is 72.9 Å². The van der Waals surface area contributed by atoms with Crippen LogP contribution in [0.1, 0.15) is 12.8 Å². The van der Waals surface area contributed by atoms with Crippen LogP contribution < -0.4 is 15.4 Å². The second-order valence-corrected chi connectivity index (χ2v) is 8.61. The number of anilines is 1. The highest BCUT2D eigenvalue weighted by Gasteiger charge is 2.18. The first-order chi connectivity index (χ1) is 16.8. The van der Waals surface area contributed by atoms with Gasteiger partial charge in [-0.1, -0.05) is 36.4 Å². The molecule has 34 heavy (non-hydrogen) atoms. The van der Waals surface area contributed by atoms with E-state index in [2.05, 4.69) is 62.6 Å². The third-order valence-electron chi connectivity index (χ3n) is 6.37. The van der Waals surface area contributed by atoms with E-state index < -0.39 is 0 Å². The molecule has 2 N–H and O–H groups in total. The van der Waals surface area contributed by atoms with Crippen molar-refractivity contribution in [3.8, 4) is 23.0 Å². The lowest BCUT2D eigenvalue weighted by molar-refractivity contribution is 0.415. The maximum absolute atomic E-state index is 5.45. The molecule has 6 rings (SSSR count). The second-order valence-electron chi connectivity index (χ2n) is 8.61. The number of rotatable bonds is 5. The average molecular weight is 451 g/mol. The Hall–Kier alpha value is -3.97. The van der Waals surface area contributed by atoms with Crippen molar-refractivity contribution in [2.24, 2.45) is 0 Å². The molecule has 0 aliphatic carbocycles. The summed E-state index contributed by atoms with van der Waals surface area (Å²) in [6.45, 7) is 1.99. The van der Waals surface area contributed by atoms with Crippen LogP contribution in [0.25, 0.3) is 39.0 Å². The number of imidazole rings is 1. The summed E-state index contributed by atoms with van der Waals surface area (Å²) in [4.78, 5) is 14.4. The van der Waals surface area contributed by atoms with Gasteiger partial charge in [0.2, 0.25) is 5.95 Å². The predicted molar refractivity (Wildman–Crippen MR) is 136 cm³/mol. The molecule has 5 aromatic rings. The van der Waals surface area contributed by atoms with Gasteiger partial charge in [-0.2, -0.15) is 4.98 Å². The van der Waals surface area contributed by atoms with Crippen LogP contribution in [-0.2, 0) is 0 Å². The van der Waals surface area contributed by atoms with Crippen LogP contribution in [0, 0.1) is 0 Å². The molecule has 1 aliphatic heterocycles. The summed E-state index contributed by atoms with van der Waals surface area (Å²) in [5.74, 6) is 3.01. The number of aromatic nitrogens is 4. The van der Waals surface area contributed by atoms with Crippen molar-refractivity contribution in [2.75, 3.05) is 25.5 Å². The Morgan fingerprint density at radius 2 is 1.91 bits per heavy atom. The largest absolute Gasteiger partial charge is 0.497 e. The zero-order chi connectivity index (χ0) is 22.9. The fraction of sp³-hybridized carbons (Fsp3) is 0.222. The van der Waals surface area contributed by atoms with E-state index in [4.69, 9.17) is 14.7 Å². The van der Waals surface area contributed by atoms with E-state index in [1.165, 1.54) is 10.8 Å². The zero-order valence-corrected chi connectivity index (χ0v) is 19.0. The molecule has 170 valence electrons. The van der Waals surface area contributed by atoms with Gasteiger partial charge >= 0.3 is 0 Å². The molecule has 1 unspecified atom stereocenters. The lowest BCUT2D eigenvalue weighted by atomic mass is 10.1. The molecular formula is C27H26N6O. The summed E-state index contributed by atoms with van der Waals surface area (Å²) in [6.07, 6.45) is 4.06. The van der Waals surface area contributed by atoms with Crippen LogP contribution in [0.4, 0.5) is 5.95 Å². The molecule has 7 nitrogen and oxygen atoms in total. The number of ether oxygens (including phenoxy) is 1. The summed E-state index contributed by atoms with van der Waals surface area (Å²) < 4.78 is 7.56. The number of nitrogens with zero attached hydrogens (tertiary/aromatic N) is 4. The van der Waals surface area contributed by atoms with Crippen molar-refractivity contribution < 1.29 is 4.74 Å². The first-order valence-electron chi connectivity index (χ1n) is 11.6. The number of piperidine rings is 1. The molecule has 0 bridgehead atoms. The Labute approximate surface area is 197 Å². The normalized spacial score (nSPS) is 16.1. The highest BCUT2D eigenvalue weighted by Crippen LogP contribution is 2.31. The van der Waals surface area contributed by atoms with Gasteiger partial charge in [0.1, 0.15) is 17.4 Å². The highest BCUT2D eigenvalue weighted by atomic mass is 16.5. The van der Waals surface area contributed by atoms with Gasteiger partial charge in [0.25, 0.3) is 0 Å². The van der Waals surface area contributed by atoms with Crippen LogP contribution in [0.3, 0.4) is 0 Å². The lowest BCUT2D eigenvalue weighted by Gasteiger charge is -2.23. The number of methoxy groups -OCH3 is 1. The first kappa shape index (κ1) is 20.6. The van der Waals surface area contributed by atoms with Gasteiger partial charge in [-0.25, -0.2) is 9.97 Å². The van der Waals surface area contributed by atoms with Gasteiger partial charge in [-0.15, -0.1) is 0 Å². The summed E-state index contributed by atoms with van der Waals surface area (Å²) in [6, 6.07) is 23.0. The van der Waals surface area contributed by atoms with Gasteiger partial charge in [-0.05, 0) is 54.4 Å². The van der Waals surface area contributed by atoms with E-state index in [1.54, 1.807) is 13.3 Å². The van der Waals surface area contributed by atoms with Crippen molar-refractivity contribution in [1.29, 1.82) is 0 Å². The van der Waals surface area contributed by atoms with Crippen LogP contribution in [0.2, 0.25) is 0 Å².